The lowest BCUT2D eigenvalue weighted by Gasteiger charge is -2.33. The monoisotopic (exact) mass is 307 g/mol. The number of carboxylic acid groups (broad SMARTS) is 1. The highest BCUT2D eigenvalue weighted by Crippen LogP contribution is 2.31. The van der Waals surface area contributed by atoms with Crippen molar-refractivity contribution in [2.45, 2.75) is 31.6 Å². The second-order valence-corrected chi connectivity index (χ2v) is 5.74. The minimum absolute atomic E-state index is 0.257. The van der Waals surface area contributed by atoms with E-state index in [4.69, 9.17) is 0 Å². The molecule has 1 saturated heterocycles. The summed E-state index contributed by atoms with van der Waals surface area (Å²) in [6.07, 6.45) is -0.652. The summed E-state index contributed by atoms with van der Waals surface area (Å²) in [7, 11) is 0. The van der Waals surface area contributed by atoms with Crippen LogP contribution in [0.2, 0.25) is 0 Å². The maximum atomic E-state index is 12.6. The minimum atomic E-state index is -2.37. The third-order valence-corrected chi connectivity index (χ3v) is 4.39. The van der Waals surface area contributed by atoms with Crippen molar-refractivity contribution < 1.29 is 18.7 Å². The average Bonchev–Trinajstić information content (AvgIpc) is 2.89. The fraction of sp³-hybridized carbons (Fsp3) is 0.438. The zero-order valence-electron chi connectivity index (χ0n) is 12.0. The second kappa shape index (κ2) is 5.94. The Morgan fingerprint density at radius 3 is 2.73 bits per heavy atom. The van der Waals surface area contributed by atoms with Crippen molar-refractivity contribution in [3.05, 3.63) is 35.5 Å². The van der Waals surface area contributed by atoms with Crippen LogP contribution < -0.4 is 5.11 Å². The summed E-state index contributed by atoms with van der Waals surface area (Å²) in [5.41, 5.74) is 2.56. The number of H-pyrrole nitrogens is 1. The maximum absolute atomic E-state index is 12.6. The number of alkyl halides is 2. The molecular weight excluding hydrogens is 290 g/mol. The van der Waals surface area contributed by atoms with E-state index in [0.717, 1.165) is 29.3 Å². The molecule has 0 aliphatic carbocycles. The van der Waals surface area contributed by atoms with Crippen LogP contribution in [-0.4, -0.2) is 35.5 Å². The summed E-state index contributed by atoms with van der Waals surface area (Å²) in [6.45, 7) is 0.921. The van der Waals surface area contributed by atoms with Crippen molar-refractivity contribution in [3.63, 3.8) is 0 Å². The fourth-order valence-electron chi connectivity index (χ4n) is 3.18. The van der Waals surface area contributed by atoms with Gasteiger partial charge in [-0.05, 0) is 42.0 Å². The molecule has 4 nitrogen and oxygen atoms in total. The Balaban J connectivity index is 1.81. The van der Waals surface area contributed by atoms with E-state index in [1.165, 1.54) is 4.90 Å². The standard InChI is InChI=1S/C16H18F2N2O2/c17-15(18)8-12-9-19-14-2-1-11(7-13(12)14)10-3-5-20(6-4-10)16(21)22/h1-2,7,9-10,15,19H,3-6,8H2,(H,21,22)/p-1. The third kappa shape index (κ3) is 2.91. The highest BCUT2D eigenvalue weighted by Gasteiger charge is 2.21. The van der Waals surface area contributed by atoms with E-state index >= 15 is 0 Å². The number of halogens is 2. The van der Waals surface area contributed by atoms with Crippen molar-refractivity contribution in [3.8, 4) is 0 Å². The van der Waals surface area contributed by atoms with Gasteiger partial charge in [-0.2, -0.15) is 0 Å². The predicted molar refractivity (Wildman–Crippen MR) is 77.0 cm³/mol. The van der Waals surface area contributed by atoms with Gasteiger partial charge in [0.05, 0.1) is 0 Å². The molecule has 0 unspecified atom stereocenters. The van der Waals surface area contributed by atoms with Crippen LogP contribution in [0, 0.1) is 0 Å². The quantitative estimate of drug-likeness (QED) is 0.947. The van der Waals surface area contributed by atoms with Gasteiger partial charge in [0.15, 0.2) is 0 Å². The molecule has 0 radical (unpaired) electrons. The number of hydrogen-bond donors (Lipinski definition) is 1. The van der Waals surface area contributed by atoms with Crippen LogP contribution in [0.25, 0.3) is 10.9 Å². The Bertz CT molecular complexity index is 676. The number of aromatic nitrogens is 1. The number of nitrogens with one attached hydrogen (secondary N) is 1. The number of carbonyl (C=O) groups excluding carboxylic acids is 1. The number of likely N-dealkylation sites (tertiary alicyclic amines) is 1. The first kappa shape index (κ1) is 14.8. The Morgan fingerprint density at radius 1 is 1.36 bits per heavy atom. The van der Waals surface area contributed by atoms with Crippen LogP contribution in [0.4, 0.5) is 13.6 Å². The van der Waals surface area contributed by atoms with Gasteiger partial charge in [-0.15, -0.1) is 0 Å². The molecule has 0 spiro atoms. The minimum Gasteiger partial charge on any atom is -0.530 e. The van der Waals surface area contributed by atoms with Gasteiger partial charge in [0.25, 0.3) is 0 Å². The molecule has 2 heterocycles. The van der Waals surface area contributed by atoms with Crippen molar-refractivity contribution in [2.75, 3.05) is 13.1 Å². The zero-order valence-corrected chi connectivity index (χ0v) is 12.0. The molecule has 1 aliphatic rings. The molecule has 1 aromatic heterocycles. The summed E-state index contributed by atoms with van der Waals surface area (Å²) in [5, 5.41) is 11.7. The number of rotatable bonds is 3. The number of aromatic amines is 1. The molecule has 22 heavy (non-hydrogen) atoms. The van der Waals surface area contributed by atoms with Crippen LogP contribution in [0.1, 0.15) is 29.9 Å². The lowest BCUT2D eigenvalue weighted by Crippen LogP contribution is -2.45. The van der Waals surface area contributed by atoms with Gasteiger partial charge < -0.3 is 19.8 Å². The van der Waals surface area contributed by atoms with E-state index in [9.17, 15) is 18.7 Å². The lowest BCUT2D eigenvalue weighted by atomic mass is 9.88. The normalized spacial score (nSPS) is 16.6. The highest BCUT2D eigenvalue weighted by atomic mass is 19.3. The smallest absolute Gasteiger partial charge is 0.242 e. The zero-order chi connectivity index (χ0) is 15.7. The Morgan fingerprint density at radius 2 is 2.09 bits per heavy atom. The van der Waals surface area contributed by atoms with Crippen molar-refractivity contribution in [2.24, 2.45) is 0 Å². The molecule has 1 fully saturated rings. The topological polar surface area (TPSA) is 59.2 Å². The molecule has 2 aromatic rings. The molecule has 118 valence electrons. The molecule has 1 aromatic carbocycles. The summed E-state index contributed by atoms with van der Waals surface area (Å²) < 4.78 is 25.2. The van der Waals surface area contributed by atoms with Crippen molar-refractivity contribution in [1.29, 1.82) is 0 Å². The number of benzene rings is 1. The Kier molecular flexibility index (Phi) is 4.00. The summed E-state index contributed by atoms with van der Waals surface area (Å²) in [4.78, 5) is 15.2. The number of fused-ring (bicyclic) bond motifs is 1. The largest absolute Gasteiger partial charge is 0.530 e. The molecule has 1 aliphatic heterocycles. The van der Waals surface area contributed by atoms with Gasteiger partial charge >= 0.3 is 0 Å². The van der Waals surface area contributed by atoms with Crippen LogP contribution in [0.5, 0.6) is 0 Å². The number of hydrogen-bond acceptors (Lipinski definition) is 2. The second-order valence-electron chi connectivity index (χ2n) is 5.74. The first-order valence-corrected chi connectivity index (χ1v) is 7.38. The molecular formula is C16H17F2N2O2-. The van der Waals surface area contributed by atoms with Crippen LogP contribution in [0.15, 0.2) is 24.4 Å². The summed E-state index contributed by atoms with van der Waals surface area (Å²) in [6, 6.07) is 5.86. The molecule has 1 N–H and O–H groups in total. The highest BCUT2D eigenvalue weighted by molar-refractivity contribution is 5.84. The maximum Gasteiger partial charge on any atom is 0.242 e. The van der Waals surface area contributed by atoms with E-state index in [1.54, 1.807) is 6.20 Å². The molecule has 1 amide bonds. The first-order valence-electron chi connectivity index (χ1n) is 7.38. The molecule has 6 heteroatoms. The van der Waals surface area contributed by atoms with Gasteiger partial charge in [-0.25, -0.2) is 8.78 Å². The number of nitrogens with zero attached hydrogens (tertiary/aromatic N) is 1. The SMILES string of the molecule is O=C([O-])N1CCC(c2ccc3[nH]cc(CC(F)F)c3c2)CC1. The average molecular weight is 307 g/mol. The molecule has 0 bridgehead atoms. The van der Waals surface area contributed by atoms with E-state index in [1.807, 2.05) is 18.2 Å². The van der Waals surface area contributed by atoms with Crippen LogP contribution >= 0.6 is 0 Å². The van der Waals surface area contributed by atoms with Gasteiger partial charge in [0, 0.05) is 36.6 Å². The predicted octanol–water partition coefficient (Wildman–Crippen LogP) is 2.50. The van der Waals surface area contributed by atoms with Gasteiger partial charge in [-0.1, -0.05) is 6.07 Å². The Hall–Kier alpha value is -2.11. The van der Waals surface area contributed by atoms with Crippen molar-refractivity contribution >= 4 is 17.0 Å². The van der Waals surface area contributed by atoms with Gasteiger partial charge in [0.1, 0.15) is 6.09 Å². The van der Waals surface area contributed by atoms with E-state index in [2.05, 4.69) is 4.98 Å². The van der Waals surface area contributed by atoms with Crippen molar-refractivity contribution in [1.82, 2.24) is 9.88 Å². The van der Waals surface area contributed by atoms with Gasteiger partial charge in [-0.3, -0.25) is 0 Å². The van der Waals surface area contributed by atoms with Crippen LogP contribution in [-0.2, 0) is 6.42 Å². The van der Waals surface area contributed by atoms with E-state index in [-0.39, 0.29) is 12.3 Å². The number of carbonyl (C=O) groups is 1. The van der Waals surface area contributed by atoms with E-state index < -0.39 is 12.5 Å². The third-order valence-electron chi connectivity index (χ3n) is 4.39. The fourth-order valence-corrected chi connectivity index (χ4v) is 3.18. The van der Waals surface area contributed by atoms with Gasteiger partial charge in [0.2, 0.25) is 6.43 Å². The Labute approximate surface area is 126 Å². The number of amides is 1. The molecule has 0 atom stereocenters. The molecule has 3 rings (SSSR count). The molecule has 0 saturated carbocycles. The summed E-state index contributed by atoms with van der Waals surface area (Å²) in [5.74, 6) is 0.259. The number of piperidine rings is 1. The van der Waals surface area contributed by atoms with E-state index in [0.29, 0.717) is 18.7 Å². The lowest BCUT2D eigenvalue weighted by molar-refractivity contribution is -0.266. The van der Waals surface area contributed by atoms with Crippen LogP contribution in [0.3, 0.4) is 0 Å². The first-order chi connectivity index (χ1) is 10.5. The summed E-state index contributed by atoms with van der Waals surface area (Å²) >= 11 is 0.